The van der Waals surface area contributed by atoms with Crippen molar-refractivity contribution in [1.29, 1.82) is 0 Å². The number of nitrogens with one attached hydrogen (secondary N) is 2. The average molecular weight is 342 g/mol. The summed E-state index contributed by atoms with van der Waals surface area (Å²) in [5, 5.41) is 15.4. The highest BCUT2D eigenvalue weighted by Gasteiger charge is 2.41. The van der Waals surface area contributed by atoms with Crippen LogP contribution in [0.4, 0.5) is 0 Å². The van der Waals surface area contributed by atoms with Crippen LogP contribution in [0, 0.1) is 0 Å². The third-order valence-corrected chi connectivity index (χ3v) is 4.99. The summed E-state index contributed by atoms with van der Waals surface area (Å²) in [6.07, 6.45) is 8.10. The second-order valence-electron chi connectivity index (χ2n) is 6.77. The Hall–Kier alpha value is -2.15. The SMILES string of the molecule is CCNC(=NCCCc1nnc2ccccn12)NC1CC2CCC1O2. The van der Waals surface area contributed by atoms with E-state index < -0.39 is 0 Å². The van der Waals surface area contributed by atoms with Crippen LogP contribution < -0.4 is 10.6 Å². The topological polar surface area (TPSA) is 75.8 Å². The van der Waals surface area contributed by atoms with Gasteiger partial charge in [0.25, 0.3) is 0 Å². The van der Waals surface area contributed by atoms with Gasteiger partial charge in [0.05, 0.1) is 18.2 Å². The number of nitrogens with zero attached hydrogens (tertiary/aromatic N) is 4. The first kappa shape index (κ1) is 16.3. The summed E-state index contributed by atoms with van der Waals surface area (Å²) in [7, 11) is 0. The number of guanidine groups is 1. The van der Waals surface area contributed by atoms with Crippen molar-refractivity contribution in [2.75, 3.05) is 13.1 Å². The molecule has 2 N–H and O–H groups in total. The van der Waals surface area contributed by atoms with Crippen molar-refractivity contribution >= 4 is 11.6 Å². The van der Waals surface area contributed by atoms with E-state index in [0.29, 0.717) is 18.2 Å². The molecular weight excluding hydrogens is 316 g/mol. The summed E-state index contributed by atoms with van der Waals surface area (Å²) in [5.41, 5.74) is 0.896. The largest absolute Gasteiger partial charge is 0.373 e. The van der Waals surface area contributed by atoms with Crippen LogP contribution in [0.2, 0.25) is 0 Å². The summed E-state index contributed by atoms with van der Waals surface area (Å²) < 4.78 is 7.96. The standard InChI is InChI=1S/C18H26N6O/c1-2-19-18(21-14-12-13-8-9-15(14)25-13)20-10-5-7-17-23-22-16-6-3-4-11-24(16)17/h3-4,6,11,13-15H,2,5,7-10,12H2,1H3,(H2,19,20,21). The molecule has 2 bridgehead atoms. The van der Waals surface area contributed by atoms with Crippen molar-refractivity contribution in [3.8, 4) is 0 Å². The number of aliphatic imine (C=N–C) groups is 1. The summed E-state index contributed by atoms with van der Waals surface area (Å²) in [4.78, 5) is 4.72. The molecule has 25 heavy (non-hydrogen) atoms. The van der Waals surface area contributed by atoms with Gasteiger partial charge in [-0.3, -0.25) is 9.39 Å². The molecule has 0 saturated carbocycles. The summed E-state index contributed by atoms with van der Waals surface area (Å²) >= 11 is 0. The van der Waals surface area contributed by atoms with Crippen molar-refractivity contribution in [3.05, 3.63) is 30.2 Å². The van der Waals surface area contributed by atoms with Gasteiger partial charge in [0, 0.05) is 25.7 Å². The maximum atomic E-state index is 5.92. The monoisotopic (exact) mass is 342 g/mol. The molecule has 2 aromatic heterocycles. The lowest BCUT2D eigenvalue weighted by atomic mass is 9.96. The van der Waals surface area contributed by atoms with Gasteiger partial charge >= 0.3 is 0 Å². The van der Waals surface area contributed by atoms with Crippen molar-refractivity contribution in [2.24, 2.45) is 4.99 Å². The lowest BCUT2D eigenvalue weighted by Gasteiger charge is -2.22. The van der Waals surface area contributed by atoms with E-state index in [9.17, 15) is 0 Å². The summed E-state index contributed by atoms with van der Waals surface area (Å²) in [5.74, 6) is 1.89. The number of fused-ring (bicyclic) bond motifs is 3. The molecule has 2 fully saturated rings. The molecule has 0 aliphatic carbocycles. The molecule has 0 spiro atoms. The predicted molar refractivity (Wildman–Crippen MR) is 96.7 cm³/mol. The Morgan fingerprint density at radius 1 is 1.36 bits per heavy atom. The minimum atomic E-state index is 0.358. The molecule has 3 atom stereocenters. The zero-order valence-electron chi connectivity index (χ0n) is 14.7. The van der Waals surface area contributed by atoms with Crippen molar-refractivity contribution in [1.82, 2.24) is 25.2 Å². The second kappa shape index (κ2) is 7.39. The molecule has 2 saturated heterocycles. The van der Waals surface area contributed by atoms with Crippen LogP contribution in [-0.4, -0.2) is 51.9 Å². The fourth-order valence-corrected chi connectivity index (χ4v) is 3.77. The number of pyridine rings is 1. The van der Waals surface area contributed by atoms with Crippen molar-refractivity contribution < 1.29 is 4.74 Å². The molecule has 7 heteroatoms. The van der Waals surface area contributed by atoms with E-state index in [0.717, 1.165) is 49.8 Å². The van der Waals surface area contributed by atoms with Crippen LogP contribution >= 0.6 is 0 Å². The van der Waals surface area contributed by atoms with Gasteiger partial charge in [0.15, 0.2) is 11.6 Å². The zero-order valence-corrected chi connectivity index (χ0v) is 14.7. The molecule has 4 rings (SSSR count). The van der Waals surface area contributed by atoms with Crippen LogP contribution in [-0.2, 0) is 11.2 Å². The molecule has 7 nitrogen and oxygen atoms in total. The van der Waals surface area contributed by atoms with E-state index in [1.165, 1.54) is 12.8 Å². The van der Waals surface area contributed by atoms with E-state index in [4.69, 9.17) is 9.73 Å². The van der Waals surface area contributed by atoms with Gasteiger partial charge in [0.1, 0.15) is 5.82 Å². The highest BCUT2D eigenvalue weighted by atomic mass is 16.5. The molecule has 134 valence electrons. The Kier molecular flexibility index (Phi) is 4.83. The van der Waals surface area contributed by atoms with E-state index in [1.54, 1.807) is 0 Å². The van der Waals surface area contributed by atoms with Gasteiger partial charge in [-0.25, -0.2) is 0 Å². The Balaban J connectivity index is 1.31. The molecule has 0 radical (unpaired) electrons. The molecule has 2 aromatic rings. The zero-order chi connectivity index (χ0) is 17.1. The number of aryl methyl sites for hydroxylation is 1. The van der Waals surface area contributed by atoms with E-state index in [2.05, 4.69) is 27.8 Å². The quantitative estimate of drug-likeness (QED) is 0.473. The highest BCUT2D eigenvalue weighted by molar-refractivity contribution is 5.80. The number of aromatic nitrogens is 3. The molecule has 4 heterocycles. The first-order valence-electron chi connectivity index (χ1n) is 9.32. The Bertz CT molecular complexity index is 742. The van der Waals surface area contributed by atoms with E-state index in [-0.39, 0.29) is 0 Å². The Morgan fingerprint density at radius 2 is 2.32 bits per heavy atom. The number of hydrogen-bond acceptors (Lipinski definition) is 4. The fourth-order valence-electron chi connectivity index (χ4n) is 3.77. The maximum absolute atomic E-state index is 5.92. The lowest BCUT2D eigenvalue weighted by Crippen LogP contribution is -2.47. The minimum absolute atomic E-state index is 0.358. The summed E-state index contributed by atoms with van der Waals surface area (Å²) in [6, 6.07) is 6.35. The van der Waals surface area contributed by atoms with Gasteiger partial charge < -0.3 is 15.4 Å². The molecule has 3 unspecified atom stereocenters. The van der Waals surface area contributed by atoms with Crippen LogP contribution in [0.25, 0.3) is 5.65 Å². The van der Waals surface area contributed by atoms with Crippen molar-refractivity contribution in [3.63, 3.8) is 0 Å². The van der Waals surface area contributed by atoms with Crippen LogP contribution in [0.5, 0.6) is 0 Å². The van der Waals surface area contributed by atoms with Crippen LogP contribution in [0.15, 0.2) is 29.4 Å². The number of ether oxygens (including phenoxy) is 1. The third-order valence-electron chi connectivity index (χ3n) is 4.99. The average Bonchev–Trinajstić information content (AvgIpc) is 3.34. The maximum Gasteiger partial charge on any atom is 0.191 e. The van der Waals surface area contributed by atoms with E-state index >= 15 is 0 Å². The fraction of sp³-hybridized carbons (Fsp3) is 0.611. The van der Waals surface area contributed by atoms with Gasteiger partial charge in [-0.1, -0.05) is 6.07 Å². The predicted octanol–water partition coefficient (Wildman–Crippen LogP) is 1.54. The minimum Gasteiger partial charge on any atom is -0.373 e. The molecule has 2 aliphatic heterocycles. The third kappa shape index (κ3) is 3.61. The number of hydrogen-bond donors (Lipinski definition) is 2. The van der Waals surface area contributed by atoms with Gasteiger partial charge in [0.2, 0.25) is 0 Å². The van der Waals surface area contributed by atoms with Crippen LogP contribution in [0.3, 0.4) is 0 Å². The van der Waals surface area contributed by atoms with Crippen molar-refractivity contribution in [2.45, 2.75) is 57.3 Å². The Labute approximate surface area is 147 Å². The summed E-state index contributed by atoms with van der Waals surface area (Å²) in [6.45, 7) is 3.72. The molecule has 0 amide bonds. The lowest BCUT2D eigenvalue weighted by molar-refractivity contribution is 0.0992. The second-order valence-corrected chi connectivity index (χ2v) is 6.77. The molecular formula is C18H26N6O. The molecule has 0 aromatic carbocycles. The van der Waals surface area contributed by atoms with Crippen LogP contribution in [0.1, 0.15) is 38.4 Å². The normalized spacial score (nSPS) is 25.6. The molecule has 2 aliphatic rings. The highest BCUT2D eigenvalue weighted by Crippen LogP contribution is 2.34. The first-order valence-corrected chi connectivity index (χ1v) is 9.32. The van der Waals surface area contributed by atoms with Gasteiger partial charge in [-0.15, -0.1) is 10.2 Å². The Morgan fingerprint density at radius 3 is 3.12 bits per heavy atom. The van der Waals surface area contributed by atoms with E-state index in [1.807, 2.05) is 28.8 Å². The van der Waals surface area contributed by atoms with Gasteiger partial charge in [-0.2, -0.15) is 0 Å². The first-order chi connectivity index (χ1) is 12.3. The van der Waals surface area contributed by atoms with Gasteiger partial charge in [-0.05, 0) is 44.7 Å². The smallest absolute Gasteiger partial charge is 0.191 e. The number of rotatable bonds is 6.